The van der Waals surface area contributed by atoms with Gasteiger partial charge in [-0.1, -0.05) is 39.0 Å². The lowest BCUT2D eigenvalue weighted by atomic mass is 9.45. The van der Waals surface area contributed by atoms with Crippen molar-refractivity contribution in [3.63, 3.8) is 0 Å². The minimum Gasteiger partial charge on any atom is -0.455 e. The lowest BCUT2D eigenvalue weighted by Crippen LogP contribution is -2.80. The number of Topliss-reactive ketones (excluding diaryl/α,β-unsaturated/α-hetero) is 1. The van der Waals surface area contributed by atoms with E-state index in [1.165, 1.54) is 32.1 Å². The van der Waals surface area contributed by atoms with Gasteiger partial charge in [0, 0.05) is 31.1 Å². The summed E-state index contributed by atoms with van der Waals surface area (Å²) >= 11 is 0. The normalized spacial score (nSPS) is 42.7. The molecule has 2 bridgehead atoms. The molecule has 1 N–H and O–H groups in total. The summed E-state index contributed by atoms with van der Waals surface area (Å²) in [4.78, 5) is 53.2. The molecule has 0 aromatic heterocycles. The number of hydrogen-bond acceptors (Lipinski definition) is 8. The highest BCUT2D eigenvalue weighted by Gasteiger charge is 2.77. The summed E-state index contributed by atoms with van der Waals surface area (Å²) in [5.41, 5.74) is -6.17. The van der Waals surface area contributed by atoms with Crippen molar-refractivity contribution < 1.29 is 42.9 Å². The van der Waals surface area contributed by atoms with Crippen LogP contribution in [0.5, 0.6) is 0 Å². The van der Waals surface area contributed by atoms with Crippen molar-refractivity contribution >= 4 is 23.5 Å². The van der Waals surface area contributed by atoms with Gasteiger partial charge in [-0.25, -0.2) is 9.18 Å². The van der Waals surface area contributed by atoms with Gasteiger partial charge in [0.25, 0.3) is 0 Å². The summed E-state index contributed by atoms with van der Waals surface area (Å²) < 4.78 is 33.7. The van der Waals surface area contributed by atoms with Crippen LogP contribution in [0, 0.1) is 22.7 Å². The Hall–Kier alpha value is -2.91. The number of allylic oxidation sites excluding steroid dienone is 1. The molecule has 1 aromatic carbocycles. The summed E-state index contributed by atoms with van der Waals surface area (Å²) in [6.45, 7) is 7.47. The average molecular weight is 529 g/mol. The van der Waals surface area contributed by atoms with Crippen LogP contribution in [0.25, 0.3) is 0 Å². The number of esters is 2. The fourth-order valence-electron chi connectivity index (χ4n) is 7.22. The van der Waals surface area contributed by atoms with Crippen molar-refractivity contribution in [3.05, 3.63) is 47.5 Å². The number of rotatable bonds is 3. The van der Waals surface area contributed by atoms with E-state index in [9.17, 15) is 24.3 Å². The number of ketones is 2. The zero-order valence-electron chi connectivity index (χ0n) is 22.2. The van der Waals surface area contributed by atoms with Crippen LogP contribution in [0.2, 0.25) is 0 Å². The van der Waals surface area contributed by atoms with Gasteiger partial charge < -0.3 is 19.3 Å². The molecule has 8 nitrogen and oxygen atoms in total. The Morgan fingerprint density at radius 1 is 1.13 bits per heavy atom. The minimum absolute atomic E-state index is 0.172. The Labute approximate surface area is 220 Å². The number of alkyl halides is 1. The third kappa shape index (κ3) is 3.40. The third-order valence-electron chi connectivity index (χ3n) is 9.66. The summed E-state index contributed by atoms with van der Waals surface area (Å²) in [6, 6.07) is 8.06. The number of carbonyl (C=O) groups excluding carboxylic acids is 4. The van der Waals surface area contributed by atoms with Gasteiger partial charge in [-0.05, 0) is 30.7 Å². The van der Waals surface area contributed by atoms with Crippen LogP contribution in [-0.2, 0) is 28.6 Å². The van der Waals surface area contributed by atoms with Crippen molar-refractivity contribution in [2.45, 2.75) is 77.0 Å². The van der Waals surface area contributed by atoms with Gasteiger partial charge in [0.2, 0.25) is 0 Å². The number of fused-ring (bicyclic) bond motifs is 5. The predicted molar refractivity (Wildman–Crippen MR) is 132 cm³/mol. The molecule has 38 heavy (non-hydrogen) atoms. The first-order valence-corrected chi connectivity index (χ1v) is 12.9. The monoisotopic (exact) mass is 528 g/mol. The van der Waals surface area contributed by atoms with Crippen molar-refractivity contribution in [2.24, 2.45) is 22.7 Å². The molecule has 1 aliphatic heterocycles. The highest BCUT2D eigenvalue weighted by Crippen LogP contribution is 2.63. The molecule has 3 aliphatic carbocycles. The van der Waals surface area contributed by atoms with E-state index in [1.54, 1.807) is 39.0 Å². The topological polar surface area (TPSA) is 116 Å². The van der Waals surface area contributed by atoms with Crippen LogP contribution >= 0.6 is 0 Å². The van der Waals surface area contributed by atoms with E-state index in [0.717, 1.165) is 0 Å². The van der Waals surface area contributed by atoms with Crippen LogP contribution in [0.15, 0.2) is 42.0 Å². The molecular formula is C29H33FO8. The predicted octanol–water partition coefficient (Wildman–Crippen LogP) is 3.15. The number of hydrogen-bond donors (Lipinski definition) is 1. The molecule has 5 rings (SSSR count). The van der Waals surface area contributed by atoms with Crippen LogP contribution < -0.4 is 0 Å². The first kappa shape index (κ1) is 26.7. The summed E-state index contributed by atoms with van der Waals surface area (Å²) in [6.07, 6.45) is -3.61. The lowest BCUT2D eigenvalue weighted by Gasteiger charge is -2.66. The Bertz CT molecular complexity index is 1240. The minimum atomic E-state index is -2.05. The molecular weight excluding hydrogens is 495 g/mol. The SMILES string of the molecule is CC(=O)O[C@@]12CO[C@@H]1C[C@@H](F)[C@@]1(C)C(=O)/C=C3/[C@@H](C)C(=O)C[C@@](O)([C@@H](OC(=O)c4ccccc4)[C@H]21)C3(C)C. The van der Waals surface area contributed by atoms with Crippen LogP contribution in [0.1, 0.15) is 57.8 Å². The summed E-state index contributed by atoms with van der Waals surface area (Å²) in [5.74, 6) is -4.50. The second-order valence-electron chi connectivity index (χ2n) is 11.9. The highest BCUT2D eigenvalue weighted by molar-refractivity contribution is 5.99. The van der Waals surface area contributed by atoms with Gasteiger partial charge >= 0.3 is 11.9 Å². The largest absolute Gasteiger partial charge is 0.455 e. The van der Waals surface area contributed by atoms with Crippen molar-refractivity contribution in [2.75, 3.05) is 6.61 Å². The zero-order valence-corrected chi connectivity index (χ0v) is 22.2. The maximum Gasteiger partial charge on any atom is 0.338 e. The Kier molecular flexibility index (Phi) is 6.00. The number of aliphatic hydroxyl groups is 1. The average Bonchev–Trinajstić information content (AvgIpc) is 2.85. The number of benzene rings is 1. The van der Waals surface area contributed by atoms with E-state index in [2.05, 4.69) is 0 Å². The summed E-state index contributed by atoms with van der Waals surface area (Å²) in [5, 5.41) is 12.5. The van der Waals surface area contributed by atoms with Crippen LogP contribution in [-0.4, -0.2) is 64.8 Å². The molecule has 0 spiro atoms. The fraction of sp³-hybridized carbons (Fsp3) is 0.586. The van der Waals surface area contributed by atoms with Crippen molar-refractivity contribution in [1.82, 2.24) is 0 Å². The highest BCUT2D eigenvalue weighted by atomic mass is 19.1. The van der Waals surface area contributed by atoms with Crippen molar-refractivity contribution in [3.8, 4) is 0 Å². The zero-order chi connectivity index (χ0) is 27.8. The van der Waals surface area contributed by atoms with Crippen molar-refractivity contribution in [1.29, 1.82) is 0 Å². The van der Waals surface area contributed by atoms with Gasteiger partial charge in [-0.15, -0.1) is 0 Å². The molecule has 0 radical (unpaired) electrons. The third-order valence-corrected chi connectivity index (χ3v) is 9.66. The quantitative estimate of drug-likeness (QED) is 0.595. The molecule has 2 saturated carbocycles. The first-order valence-electron chi connectivity index (χ1n) is 12.9. The van der Waals surface area contributed by atoms with Gasteiger partial charge in [0.1, 0.15) is 29.8 Å². The van der Waals surface area contributed by atoms with E-state index < -0.39 is 76.4 Å². The Morgan fingerprint density at radius 2 is 1.79 bits per heavy atom. The van der Waals surface area contributed by atoms with E-state index >= 15 is 4.39 Å². The van der Waals surface area contributed by atoms with Gasteiger partial charge in [0.15, 0.2) is 11.4 Å². The molecule has 9 heteroatoms. The van der Waals surface area contributed by atoms with E-state index in [-0.39, 0.29) is 24.4 Å². The Balaban J connectivity index is 1.80. The molecule has 8 atom stereocenters. The fourth-order valence-corrected chi connectivity index (χ4v) is 7.22. The maximum atomic E-state index is 16.2. The van der Waals surface area contributed by atoms with E-state index in [1.807, 2.05) is 0 Å². The van der Waals surface area contributed by atoms with Crippen LogP contribution in [0.4, 0.5) is 4.39 Å². The molecule has 4 aliphatic rings. The van der Waals surface area contributed by atoms with Gasteiger partial charge in [0.05, 0.1) is 23.5 Å². The number of ether oxygens (including phenoxy) is 3. The van der Waals surface area contributed by atoms with Gasteiger partial charge in [-0.2, -0.15) is 0 Å². The molecule has 1 saturated heterocycles. The number of halogens is 1. The van der Waals surface area contributed by atoms with E-state index in [4.69, 9.17) is 14.2 Å². The smallest absolute Gasteiger partial charge is 0.338 e. The molecule has 0 amide bonds. The van der Waals surface area contributed by atoms with E-state index in [0.29, 0.717) is 5.57 Å². The Morgan fingerprint density at radius 3 is 2.37 bits per heavy atom. The molecule has 204 valence electrons. The molecule has 1 heterocycles. The molecule has 0 unspecified atom stereocenters. The molecule has 3 fully saturated rings. The number of carbonyl (C=O) groups is 4. The second kappa shape index (κ2) is 8.55. The molecule has 1 aromatic rings. The maximum absolute atomic E-state index is 16.2. The summed E-state index contributed by atoms with van der Waals surface area (Å²) in [7, 11) is 0. The second-order valence-corrected chi connectivity index (χ2v) is 11.9. The first-order chi connectivity index (χ1) is 17.7. The lowest BCUT2D eigenvalue weighted by molar-refractivity contribution is -0.338. The standard InChI is InChI=1S/C29H33FO8/c1-15-18-11-21(33)27(5)20(30)12-22-28(14-36-22,38-16(2)31)23(27)24(29(35,13-19(15)32)26(18,3)4)37-25(34)17-9-7-6-8-10-17/h6-11,15,20,22-24,35H,12-14H2,1-5H3/b18-11-/t15-,20-,22-,23+,24+,27+,28+,29-/m1/s1. The van der Waals surface area contributed by atoms with Crippen LogP contribution in [0.3, 0.4) is 0 Å². The van der Waals surface area contributed by atoms with Gasteiger partial charge in [-0.3, -0.25) is 14.4 Å².